The highest BCUT2D eigenvalue weighted by Crippen LogP contribution is 2.43. The van der Waals surface area contributed by atoms with Gasteiger partial charge in [-0.2, -0.15) is 0 Å². The molecule has 136 valence electrons. The zero-order valence-electron chi connectivity index (χ0n) is 15.0. The molecule has 1 spiro atoms. The number of nitrogens with zero attached hydrogens (tertiary/aromatic N) is 3. The van der Waals surface area contributed by atoms with E-state index in [1.54, 1.807) is 32.4 Å². The number of piperidine rings is 1. The molecule has 1 atom stereocenters. The minimum Gasteiger partial charge on any atom is -0.497 e. The van der Waals surface area contributed by atoms with Crippen molar-refractivity contribution in [2.24, 2.45) is 0 Å². The highest BCUT2D eigenvalue weighted by molar-refractivity contribution is 5.92. The van der Waals surface area contributed by atoms with Gasteiger partial charge in [0.25, 0.3) is 11.5 Å². The molecule has 0 radical (unpaired) electrons. The maximum atomic E-state index is 13.0. The molecule has 4 rings (SSSR count). The first-order valence-electron chi connectivity index (χ1n) is 8.92. The van der Waals surface area contributed by atoms with E-state index >= 15 is 0 Å². The number of hydrogen-bond donors (Lipinski definition) is 1. The predicted molar refractivity (Wildman–Crippen MR) is 95.5 cm³/mol. The number of hydrogen-bond acceptors (Lipinski definition) is 5. The zero-order valence-corrected chi connectivity index (χ0v) is 15.0. The highest BCUT2D eigenvalue weighted by Gasteiger charge is 2.45. The second-order valence-corrected chi connectivity index (χ2v) is 7.17. The molecule has 3 heterocycles. The number of aryl methyl sites for hydroxylation is 1. The first kappa shape index (κ1) is 16.8. The van der Waals surface area contributed by atoms with E-state index in [2.05, 4.69) is 15.0 Å². The van der Waals surface area contributed by atoms with Crippen molar-refractivity contribution in [1.82, 2.24) is 19.9 Å². The van der Waals surface area contributed by atoms with Crippen molar-refractivity contribution in [2.75, 3.05) is 20.2 Å². The molecule has 1 amide bonds. The summed E-state index contributed by atoms with van der Waals surface area (Å²) in [6.45, 7) is 3.07. The second-order valence-electron chi connectivity index (χ2n) is 7.17. The number of methoxy groups -OCH3 is 1. The van der Waals surface area contributed by atoms with E-state index in [4.69, 9.17) is 4.74 Å². The van der Waals surface area contributed by atoms with Crippen LogP contribution in [0.1, 0.15) is 46.8 Å². The van der Waals surface area contributed by atoms with Gasteiger partial charge in [0.05, 0.1) is 12.8 Å². The number of carbonyl (C=O) groups excluding carboxylic acids is 1. The standard InChI is InChI=1S/C19H22N4O3/c1-12-21-16-14(17(24)22-12)4-7-19(16)6-3-9-23(11-19)18(25)15-10-13(26-2)5-8-20-15/h5,8,10H,3-4,6-7,9,11H2,1-2H3,(H,21,22,24). The van der Waals surface area contributed by atoms with Gasteiger partial charge in [0.1, 0.15) is 17.3 Å². The molecular formula is C19H22N4O3. The van der Waals surface area contributed by atoms with Gasteiger partial charge in [0, 0.05) is 36.3 Å². The summed E-state index contributed by atoms with van der Waals surface area (Å²) in [4.78, 5) is 38.7. The second kappa shape index (κ2) is 6.23. The Morgan fingerprint density at radius 2 is 2.23 bits per heavy atom. The van der Waals surface area contributed by atoms with E-state index in [9.17, 15) is 9.59 Å². The molecular weight excluding hydrogens is 332 g/mol. The van der Waals surface area contributed by atoms with Crippen molar-refractivity contribution in [3.8, 4) is 5.75 Å². The molecule has 2 aromatic rings. The fourth-order valence-electron chi connectivity index (χ4n) is 4.28. The van der Waals surface area contributed by atoms with E-state index in [1.165, 1.54) is 0 Å². The molecule has 0 saturated carbocycles. The van der Waals surface area contributed by atoms with Crippen LogP contribution in [0.25, 0.3) is 0 Å². The molecule has 1 aliphatic heterocycles. The largest absolute Gasteiger partial charge is 0.497 e. The SMILES string of the molecule is COc1ccnc(C(=O)N2CCCC3(CCc4c3nc(C)[nH]c4=O)C2)c1. The third-order valence-corrected chi connectivity index (χ3v) is 5.54. The summed E-state index contributed by atoms with van der Waals surface area (Å²) >= 11 is 0. The van der Waals surface area contributed by atoms with Gasteiger partial charge < -0.3 is 14.6 Å². The van der Waals surface area contributed by atoms with Crippen LogP contribution in [0.4, 0.5) is 0 Å². The van der Waals surface area contributed by atoms with Gasteiger partial charge in [0.15, 0.2) is 0 Å². The lowest BCUT2D eigenvalue weighted by Gasteiger charge is -2.40. The average Bonchev–Trinajstić information content (AvgIpc) is 2.99. The Balaban J connectivity index is 1.65. The number of carbonyl (C=O) groups is 1. The van der Waals surface area contributed by atoms with Gasteiger partial charge in [0.2, 0.25) is 0 Å². The van der Waals surface area contributed by atoms with E-state index in [-0.39, 0.29) is 16.9 Å². The van der Waals surface area contributed by atoms with E-state index < -0.39 is 0 Å². The molecule has 1 unspecified atom stereocenters. The van der Waals surface area contributed by atoms with Crippen LogP contribution in [0.15, 0.2) is 23.1 Å². The molecule has 0 aromatic carbocycles. The van der Waals surface area contributed by atoms with Crippen molar-refractivity contribution in [2.45, 2.75) is 38.0 Å². The van der Waals surface area contributed by atoms with E-state index in [0.29, 0.717) is 30.4 Å². The van der Waals surface area contributed by atoms with Gasteiger partial charge >= 0.3 is 0 Å². The topological polar surface area (TPSA) is 88.2 Å². The zero-order chi connectivity index (χ0) is 18.3. The number of rotatable bonds is 2. The number of amides is 1. The fourth-order valence-corrected chi connectivity index (χ4v) is 4.28. The van der Waals surface area contributed by atoms with Crippen LogP contribution in [0, 0.1) is 6.92 Å². The lowest BCUT2D eigenvalue weighted by Crippen LogP contribution is -2.48. The van der Waals surface area contributed by atoms with Crippen LogP contribution < -0.4 is 10.3 Å². The van der Waals surface area contributed by atoms with Crippen LogP contribution in [0.3, 0.4) is 0 Å². The van der Waals surface area contributed by atoms with Crippen molar-refractivity contribution < 1.29 is 9.53 Å². The number of aromatic amines is 1. The number of likely N-dealkylation sites (tertiary alicyclic amines) is 1. The number of aromatic nitrogens is 3. The smallest absolute Gasteiger partial charge is 0.272 e. The molecule has 1 fully saturated rings. The number of ether oxygens (including phenoxy) is 1. The summed E-state index contributed by atoms with van der Waals surface area (Å²) in [6, 6.07) is 3.39. The lowest BCUT2D eigenvalue weighted by molar-refractivity contribution is 0.0627. The van der Waals surface area contributed by atoms with Gasteiger partial charge in [-0.3, -0.25) is 14.6 Å². The molecule has 26 heavy (non-hydrogen) atoms. The Labute approximate surface area is 151 Å². The summed E-state index contributed by atoms with van der Waals surface area (Å²) in [5.74, 6) is 1.15. The molecule has 1 N–H and O–H groups in total. The Hall–Kier alpha value is -2.70. The summed E-state index contributed by atoms with van der Waals surface area (Å²) in [7, 11) is 1.57. The van der Waals surface area contributed by atoms with Gasteiger partial charge in [-0.15, -0.1) is 0 Å². The molecule has 2 aliphatic rings. The molecule has 1 aliphatic carbocycles. The molecule has 1 saturated heterocycles. The van der Waals surface area contributed by atoms with Crippen LogP contribution in [-0.4, -0.2) is 46.0 Å². The molecule has 0 bridgehead atoms. The Morgan fingerprint density at radius 1 is 1.38 bits per heavy atom. The van der Waals surface area contributed by atoms with Crippen LogP contribution in [-0.2, 0) is 11.8 Å². The van der Waals surface area contributed by atoms with Crippen molar-refractivity contribution >= 4 is 5.91 Å². The number of pyridine rings is 1. The maximum absolute atomic E-state index is 13.0. The monoisotopic (exact) mass is 354 g/mol. The quantitative estimate of drug-likeness (QED) is 0.885. The Morgan fingerprint density at radius 3 is 3.04 bits per heavy atom. The van der Waals surface area contributed by atoms with Crippen molar-refractivity contribution in [1.29, 1.82) is 0 Å². The molecule has 7 nitrogen and oxygen atoms in total. The highest BCUT2D eigenvalue weighted by atomic mass is 16.5. The van der Waals surface area contributed by atoms with Crippen LogP contribution >= 0.6 is 0 Å². The van der Waals surface area contributed by atoms with Gasteiger partial charge in [-0.1, -0.05) is 0 Å². The van der Waals surface area contributed by atoms with E-state index in [0.717, 1.165) is 36.9 Å². The van der Waals surface area contributed by atoms with Gasteiger partial charge in [-0.05, 0) is 38.7 Å². The summed E-state index contributed by atoms with van der Waals surface area (Å²) in [5, 5.41) is 0. The third-order valence-electron chi connectivity index (χ3n) is 5.54. The van der Waals surface area contributed by atoms with Gasteiger partial charge in [-0.25, -0.2) is 4.98 Å². The first-order chi connectivity index (χ1) is 12.5. The maximum Gasteiger partial charge on any atom is 0.272 e. The lowest BCUT2D eigenvalue weighted by atomic mass is 9.77. The molecule has 7 heteroatoms. The van der Waals surface area contributed by atoms with Crippen LogP contribution in [0.5, 0.6) is 5.75 Å². The number of fused-ring (bicyclic) bond motifs is 2. The predicted octanol–water partition coefficient (Wildman–Crippen LogP) is 1.60. The summed E-state index contributed by atoms with van der Waals surface area (Å²) in [5.41, 5.74) is 1.79. The molecule has 2 aromatic heterocycles. The minimum absolute atomic E-state index is 0.0395. The number of H-pyrrole nitrogens is 1. The fraction of sp³-hybridized carbons (Fsp3) is 0.474. The Bertz CT molecular complexity index is 923. The van der Waals surface area contributed by atoms with Crippen molar-refractivity contribution in [3.05, 3.63) is 51.5 Å². The first-order valence-corrected chi connectivity index (χ1v) is 8.92. The van der Waals surface area contributed by atoms with E-state index in [1.807, 2.05) is 4.90 Å². The Kier molecular flexibility index (Phi) is 4.01. The average molecular weight is 354 g/mol. The summed E-state index contributed by atoms with van der Waals surface area (Å²) in [6.07, 6.45) is 5.00. The third kappa shape index (κ3) is 2.67. The van der Waals surface area contributed by atoms with Crippen molar-refractivity contribution in [3.63, 3.8) is 0 Å². The van der Waals surface area contributed by atoms with Crippen LogP contribution in [0.2, 0.25) is 0 Å². The number of nitrogens with one attached hydrogen (secondary N) is 1. The minimum atomic E-state index is -0.221. The summed E-state index contributed by atoms with van der Waals surface area (Å²) < 4.78 is 5.20. The normalized spacial score (nSPS) is 21.7.